The van der Waals surface area contributed by atoms with Crippen LogP contribution in [0.15, 0.2) is 30.3 Å². The van der Waals surface area contributed by atoms with Crippen LogP contribution in [0.2, 0.25) is 0 Å². The molecule has 2 heterocycles. The van der Waals surface area contributed by atoms with Crippen molar-refractivity contribution in [3.05, 3.63) is 36.0 Å². The highest BCUT2D eigenvalue weighted by atomic mass is 16.5. The molecule has 3 N–H and O–H groups in total. The Morgan fingerprint density at radius 3 is 3.00 bits per heavy atom. The van der Waals surface area contributed by atoms with Crippen molar-refractivity contribution in [3.8, 4) is 0 Å². The van der Waals surface area contributed by atoms with Crippen molar-refractivity contribution in [2.24, 2.45) is 5.73 Å². The summed E-state index contributed by atoms with van der Waals surface area (Å²) in [7, 11) is 1.64. The zero-order valence-electron chi connectivity index (χ0n) is 11.5. The average Bonchev–Trinajstić information content (AvgIpc) is 2.91. The molecule has 1 aliphatic heterocycles. The quantitative estimate of drug-likeness (QED) is 0.867. The van der Waals surface area contributed by atoms with E-state index in [0.29, 0.717) is 18.8 Å². The molecule has 0 unspecified atom stereocenters. The number of amides is 1. The number of likely N-dealkylation sites (tertiary alicyclic amines) is 1. The number of hydrogen-bond donors (Lipinski definition) is 2. The number of carbonyl (C=O) groups excluding carboxylic acids is 1. The molecule has 0 saturated carbocycles. The summed E-state index contributed by atoms with van der Waals surface area (Å²) in [6, 6.07) is 9.78. The lowest BCUT2D eigenvalue weighted by Crippen LogP contribution is -2.53. The number of carbonyl (C=O) groups is 1. The first-order chi connectivity index (χ1) is 9.69. The van der Waals surface area contributed by atoms with Crippen molar-refractivity contribution in [1.82, 2.24) is 9.88 Å². The van der Waals surface area contributed by atoms with Crippen LogP contribution in [0.3, 0.4) is 0 Å². The normalized spacial score (nSPS) is 23.2. The first kappa shape index (κ1) is 13.1. The molecular formula is C15H19N3O2. The van der Waals surface area contributed by atoms with E-state index < -0.39 is 0 Å². The summed E-state index contributed by atoms with van der Waals surface area (Å²) in [5.74, 6) is 0.00940. The number of aromatic amines is 1. The lowest BCUT2D eigenvalue weighted by Gasteiger charge is -2.35. The van der Waals surface area contributed by atoms with Gasteiger partial charge in [0.2, 0.25) is 0 Å². The molecule has 0 radical (unpaired) electrons. The van der Waals surface area contributed by atoms with Crippen LogP contribution in [0.25, 0.3) is 10.9 Å². The van der Waals surface area contributed by atoms with E-state index in [1.807, 2.05) is 35.2 Å². The van der Waals surface area contributed by atoms with E-state index >= 15 is 0 Å². The number of nitrogens with two attached hydrogens (primary N) is 1. The monoisotopic (exact) mass is 273 g/mol. The molecule has 3 rings (SSSR count). The van der Waals surface area contributed by atoms with Crippen LogP contribution in [-0.4, -0.2) is 48.1 Å². The number of hydrogen-bond acceptors (Lipinski definition) is 3. The van der Waals surface area contributed by atoms with Crippen LogP contribution in [0.4, 0.5) is 0 Å². The molecule has 1 aliphatic rings. The van der Waals surface area contributed by atoms with Gasteiger partial charge in [0.1, 0.15) is 5.69 Å². The van der Waals surface area contributed by atoms with Crippen molar-refractivity contribution in [2.75, 3.05) is 20.2 Å². The minimum Gasteiger partial charge on any atom is -0.378 e. The molecule has 1 amide bonds. The Hall–Kier alpha value is -1.85. The Morgan fingerprint density at radius 1 is 1.45 bits per heavy atom. The standard InChI is InChI=1S/C15H19N3O2/c1-20-14-9-18(7-6-11(14)16)15(19)13-8-10-4-2-3-5-12(10)17-13/h2-5,8,11,14,17H,6-7,9,16H2,1H3/t11-,14+/m1/s1. The molecule has 1 saturated heterocycles. The van der Waals surface area contributed by atoms with E-state index in [-0.39, 0.29) is 18.1 Å². The molecule has 106 valence electrons. The number of methoxy groups -OCH3 is 1. The van der Waals surface area contributed by atoms with Gasteiger partial charge in [-0.15, -0.1) is 0 Å². The molecule has 5 heteroatoms. The molecular weight excluding hydrogens is 254 g/mol. The number of H-pyrrole nitrogens is 1. The maximum Gasteiger partial charge on any atom is 0.270 e. The third-order valence-electron chi connectivity index (χ3n) is 3.96. The van der Waals surface area contributed by atoms with Gasteiger partial charge in [0.15, 0.2) is 0 Å². The Balaban J connectivity index is 1.81. The molecule has 0 aliphatic carbocycles. The minimum atomic E-state index is -0.0860. The number of fused-ring (bicyclic) bond motifs is 1. The van der Waals surface area contributed by atoms with E-state index in [9.17, 15) is 4.79 Å². The zero-order valence-corrected chi connectivity index (χ0v) is 11.5. The van der Waals surface area contributed by atoms with E-state index in [2.05, 4.69) is 4.98 Å². The van der Waals surface area contributed by atoms with Gasteiger partial charge in [-0.2, -0.15) is 0 Å². The van der Waals surface area contributed by atoms with Crippen LogP contribution in [0.1, 0.15) is 16.9 Å². The number of aromatic nitrogens is 1. The lowest BCUT2D eigenvalue weighted by atomic mass is 10.0. The Labute approximate surface area is 117 Å². The highest BCUT2D eigenvalue weighted by molar-refractivity contribution is 5.98. The van der Waals surface area contributed by atoms with Crippen LogP contribution in [-0.2, 0) is 4.74 Å². The van der Waals surface area contributed by atoms with Crippen molar-refractivity contribution >= 4 is 16.8 Å². The van der Waals surface area contributed by atoms with Crippen molar-refractivity contribution < 1.29 is 9.53 Å². The van der Waals surface area contributed by atoms with Crippen LogP contribution < -0.4 is 5.73 Å². The molecule has 2 atom stereocenters. The van der Waals surface area contributed by atoms with Gasteiger partial charge >= 0.3 is 0 Å². The van der Waals surface area contributed by atoms with Gasteiger partial charge in [-0.05, 0) is 18.6 Å². The molecule has 20 heavy (non-hydrogen) atoms. The van der Waals surface area contributed by atoms with E-state index in [1.165, 1.54) is 0 Å². The average molecular weight is 273 g/mol. The summed E-state index contributed by atoms with van der Waals surface area (Å²) < 4.78 is 5.35. The number of piperidine rings is 1. The fourth-order valence-corrected chi connectivity index (χ4v) is 2.73. The maximum absolute atomic E-state index is 12.5. The third-order valence-corrected chi connectivity index (χ3v) is 3.96. The predicted octanol–water partition coefficient (Wildman–Crippen LogP) is 1.36. The minimum absolute atomic E-state index is 0.00626. The van der Waals surface area contributed by atoms with Crippen molar-refractivity contribution in [2.45, 2.75) is 18.6 Å². The number of ether oxygens (including phenoxy) is 1. The Kier molecular flexibility index (Phi) is 3.46. The number of rotatable bonds is 2. The van der Waals surface area contributed by atoms with Gasteiger partial charge < -0.3 is 20.4 Å². The largest absolute Gasteiger partial charge is 0.378 e. The van der Waals surface area contributed by atoms with Gasteiger partial charge in [-0.1, -0.05) is 18.2 Å². The van der Waals surface area contributed by atoms with E-state index in [4.69, 9.17) is 10.5 Å². The molecule has 1 aromatic carbocycles. The predicted molar refractivity (Wildman–Crippen MR) is 77.6 cm³/mol. The summed E-state index contributed by atoms with van der Waals surface area (Å²) >= 11 is 0. The third kappa shape index (κ3) is 2.30. The molecule has 5 nitrogen and oxygen atoms in total. The van der Waals surface area contributed by atoms with Crippen LogP contribution in [0, 0.1) is 0 Å². The summed E-state index contributed by atoms with van der Waals surface area (Å²) in [6.07, 6.45) is 0.682. The van der Waals surface area contributed by atoms with Crippen LogP contribution >= 0.6 is 0 Å². The van der Waals surface area contributed by atoms with E-state index in [0.717, 1.165) is 17.3 Å². The smallest absolute Gasteiger partial charge is 0.270 e. The molecule has 1 fully saturated rings. The topological polar surface area (TPSA) is 71.3 Å². The number of para-hydroxylation sites is 1. The fourth-order valence-electron chi connectivity index (χ4n) is 2.73. The van der Waals surface area contributed by atoms with Gasteiger partial charge in [-0.25, -0.2) is 0 Å². The van der Waals surface area contributed by atoms with Gasteiger partial charge in [-0.3, -0.25) is 4.79 Å². The van der Waals surface area contributed by atoms with Gasteiger partial charge in [0.05, 0.1) is 6.10 Å². The summed E-state index contributed by atoms with van der Waals surface area (Å²) in [4.78, 5) is 17.5. The molecule has 1 aromatic heterocycles. The zero-order chi connectivity index (χ0) is 14.1. The second-order valence-corrected chi connectivity index (χ2v) is 5.25. The van der Waals surface area contributed by atoms with Crippen LogP contribution in [0.5, 0.6) is 0 Å². The maximum atomic E-state index is 12.5. The van der Waals surface area contributed by atoms with Crippen molar-refractivity contribution in [3.63, 3.8) is 0 Å². The highest BCUT2D eigenvalue weighted by Gasteiger charge is 2.30. The van der Waals surface area contributed by atoms with E-state index in [1.54, 1.807) is 7.11 Å². The highest BCUT2D eigenvalue weighted by Crippen LogP contribution is 2.19. The van der Waals surface area contributed by atoms with Gasteiger partial charge in [0.25, 0.3) is 5.91 Å². The summed E-state index contributed by atoms with van der Waals surface area (Å²) in [6.45, 7) is 1.22. The first-order valence-electron chi connectivity index (χ1n) is 6.84. The second-order valence-electron chi connectivity index (χ2n) is 5.25. The summed E-state index contributed by atoms with van der Waals surface area (Å²) in [5, 5.41) is 1.05. The molecule has 0 bridgehead atoms. The van der Waals surface area contributed by atoms with Crippen molar-refractivity contribution in [1.29, 1.82) is 0 Å². The number of nitrogens with one attached hydrogen (secondary N) is 1. The molecule has 0 spiro atoms. The Morgan fingerprint density at radius 2 is 2.25 bits per heavy atom. The lowest BCUT2D eigenvalue weighted by molar-refractivity contribution is 0.0160. The number of nitrogens with zero attached hydrogens (tertiary/aromatic N) is 1. The van der Waals surface area contributed by atoms with Gasteiger partial charge in [0, 0.05) is 37.1 Å². The number of benzene rings is 1. The SMILES string of the molecule is CO[C@H]1CN(C(=O)c2cc3ccccc3[nH]2)CC[C@H]1N. The summed E-state index contributed by atoms with van der Waals surface area (Å²) in [5.41, 5.74) is 7.58. The Bertz CT molecular complexity index is 589. The first-order valence-corrected chi connectivity index (χ1v) is 6.84. The molecule has 2 aromatic rings. The second kappa shape index (κ2) is 5.26. The fraction of sp³-hybridized carbons (Fsp3) is 0.400.